The normalized spacial score (nSPS) is 12.5. The highest BCUT2D eigenvalue weighted by Gasteiger charge is 2.39. The van der Waals surface area contributed by atoms with Crippen LogP contribution in [0.2, 0.25) is 0 Å². The van der Waals surface area contributed by atoms with Crippen LogP contribution < -0.4 is 4.74 Å². The molecule has 0 N–H and O–H groups in total. The molecule has 0 radical (unpaired) electrons. The summed E-state index contributed by atoms with van der Waals surface area (Å²) in [7, 11) is 1.62. The highest BCUT2D eigenvalue weighted by molar-refractivity contribution is 5.89. The average molecular weight is 392 g/mol. The average Bonchev–Trinajstić information content (AvgIpc) is 2.52. The number of ether oxygens (including phenoxy) is 2. The van der Waals surface area contributed by atoms with E-state index in [2.05, 4.69) is 0 Å². The van der Waals surface area contributed by atoms with E-state index in [9.17, 15) is 9.59 Å². The van der Waals surface area contributed by atoms with E-state index in [0.29, 0.717) is 6.54 Å². The summed E-state index contributed by atoms with van der Waals surface area (Å²) in [4.78, 5) is 27.5. The van der Waals surface area contributed by atoms with Crippen molar-refractivity contribution in [2.45, 2.75) is 74.5 Å². The summed E-state index contributed by atoms with van der Waals surface area (Å²) in [5, 5.41) is 0. The fourth-order valence-corrected chi connectivity index (χ4v) is 3.23. The van der Waals surface area contributed by atoms with Crippen LogP contribution >= 0.6 is 0 Å². The Labute approximate surface area is 170 Å². The molecule has 0 unspecified atom stereocenters. The number of methoxy groups -OCH3 is 1. The number of carbonyl (C=O) groups is 2. The van der Waals surface area contributed by atoms with Gasteiger partial charge in [-0.05, 0) is 51.0 Å². The van der Waals surface area contributed by atoms with Crippen molar-refractivity contribution in [1.82, 2.24) is 4.90 Å². The maximum Gasteiger partial charge on any atom is 0.410 e. The first-order chi connectivity index (χ1) is 12.6. The summed E-state index contributed by atoms with van der Waals surface area (Å²) < 4.78 is 11.0. The van der Waals surface area contributed by atoms with Gasteiger partial charge in [-0.2, -0.15) is 0 Å². The van der Waals surface area contributed by atoms with Gasteiger partial charge in [-0.15, -0.1) is 0 Å². The molecule has 5 heteroatoms. The molecule has 0 aliphatic heterocycles. The Balaban J connectivity index is 3.23. The molecule has 0 heterocycles. The molecule has 28 heavy (non-hydrogen) atoms. The largest absolute Gasteiger partial charge is 0.497 e. The van der Waals surface area contributed by atoms with Gasteiger partial charge in [0, 0.05) is 23.9 Å². The van der Waals surface area contributed by atoms with E-state index in [0.717, 1.165) is 16.9 Å². The summed E-state index contributed by atoms with van der Waals surface area (Å²) in [6.07, 6.45) is -0.426. The Morgan fingerprint density at radius 2 is 1.57 bits per heavy atom. The molecule has 1 aromatic carbocycles. The number of nitrogens with zero attached hydrogens (tertiary/aromatic N) is 1. The van der Waals surface area contributed by atoms with Crippen LogP contribution in [0, 0.1) is 17.8 Å². The number of aryl methyl sites for hydroxylation is 1. The standard InChI is InChI=1S/C23H37NO4/c1-16-11-12-18(27-10)13-17(16)14-24(20(26)28-22(5,6)7)15-23(8,9)19(25)21(2,3)4/h11-13H,14-15H2,1-10H3. The molecule has 158 valence electrons. The van der Waals surface area contributed by atoms with Gasteiger partial charge in [0.05, 0.1) is 7.11 Å². The fourth-order valence-electron chi connectivity index (χ4n) is 3.23. The number of carbonyl (C=O) groups excluding carboxylic acids is 2. The molecular formula is C23H37NO4. The van der Waals surface area contributed by atoms with Gasteiger partial charge in [-0.3, -0.25) is 4.79 Å². The highest BCUT2D eigenvalue weighted by atomic mass is 16.6. The molecule has 0 saturated heterocycles. The third-order valence-corrected chi connectivity index (χ3v) is 4.45. The zero-order valence-electron chi connectivity index (χ0n) is 19.2. The number of amides is 1. The molecule has 0 fully saturated rings. The smallest absolute Gasteiger partial charge is 0.410 e. The maximum absolute atomic E-state index is 13.0. The molecule has 0 saturated carbocycles. The summed E-state index contributed by atoms with van der Waals surface area (Å²) in [6.45, 7) is 17.6. The van der Waals surface area contributed by atoms with Crippen molar-refractivity contribution in [2.24, 2.45) is 10.8 Å². The quantitative estimate of drug-likeness (QED) is 0.653. The lowest BCUT2D eigenvalue weighted by molar-refractivity contribution is -0.135. The first-order valence-electron chi connectivity index (χ1n) is 9.73. The van der Waals surface area contributed by atoms with E-state index in [-0.39, 0.29) is 12.3 Å². The predicted molar refractivity (Wildman–Crippen MR) is 113 cm³/mol. The number of hydrogen-bond donors (Lipinski definition) is 0. The van der Waals surface area contributed by atoms with Gasteiger partial charge in [0.1, 0.15) is 17.1 Å². The molecule has 0 aliphatic carbocycles. The first kappa shape index (κ1) is 24.0. The van der Waals surface area contributed by atoms with Crippen LogP contribution in [-0.2, 0) is 16.1 Å². The van der Waals surface area contributed by atoms with Gasteiger partial charge >= 0.3 is 6.09 Å². The summed E-state index contributed by atoms with van der Waals surface area (Å²) in [5.41, 5.74) is 0.201. The summed E-state index contributed by atoms with van der Waals surface area (Å²) in [5.74, 6) is 0.839. The van der Waals surface area contributed by atoms with Crippen molar-refractivity contribution < 1.29 is 19.1 Å². The molecule has 0 spiro atoms. The van der Waals surface area contributed by atoms with Crippen LogP contribution in [0.1, 0.15) is 66.5 Å². The molecule has 1 amide bonds. The third-order valence-electron chi connectivity index (χ3n) is 4.45. The zero-order valence-corrected chi connectivity index (χ0v) is 19.2. The molecule has 0 aliphatic rings. The Morgan fingerprint density at radius 3 is 2.04 bits per heavy atom. The van der Waals surface area contributed by atoms with Crippen molar-refractivity contribution in [2.75, 3.05) is 13.7 Å². The number of hydrogen-bond acceptors (Lipinski definition) is 4. The van der Waals surface area contributed by atoms with E-state index < -0.39 is 22.5 Å². The minimum atomic E-state index is -0.706. The maximum atomic E-state index is 13.0. The Kier molecular flexibility index (Phi) is 7.32. The molecule has 0 atom stereocenters. The number of Topliss-reactive ketones (excluding diaryl/α,β-unsaturated/α-hetero) is 1. The van der Waals surface area contributed by atoms with Gasteiger partial charge in [0.15, 0.2) is 0 Å². The van der Waals surface area contributed by atoms with Crippen molar-refractivity contribution in [1.29, 1.82) is 0 Å². The van der Waals surface area contributed by atoms with Gasteiger partial charge in [-0.1, -0.05) is 40.7 Å². The number of benzene rings is 1. The van der Waals surface area contributed by atoms with E-state index in [4.69, 9.17) is 9.47 Å². The van der Waals surface area contributed by atoms with Crippen LogP contribution in [0.5, 0.6) is 5.75 Å². The summed E-state index contributed by atoms with van der Waals surface area (Å²) >= 11 is 0. The highest BCUT2D eigenvalue weighted by Crippen LogP contribution is 2.31. The van der Waals surface area contributed by atoms with Gasteiger partial charge in [-0.25, -0.2) is 4.79 Å². The van der Waals surface area contributed by atoms with Crippen LogP contribution in [0.25, 0.3) is 0 Å². The monoisotopic (exact) mass is 391 g/mol. The van der Waals surface area contributed by atoms with Crippen molar-refractivity contribution in [3.05, 3.63) is 29.3 Å². The lowest BCUT2D eigenvalue weighted by atomic mass is 9.74. The second-order valence-corrected chi connectivity index (χ2v) is 10.1. The van der Waals surface area contributed by atoms with Crippen molar-refractivity contribution in [3.8, 4) is 5.75 Å². The molecule has 1 aromatic rings. The molecule has 0 aromatic heterocycles. The topological polar surface area (TPSA) is 55.8 Å². The second-order valence-electron chi connectivity index (χ2n) is 10.1. The second kappa shape index (κ2) is 8.54. The van der Waals surface area contributed by atoms with E-state index >= 15 is 0 Å². The molecule has 1 rings (SSSR count). The summed E-state index contributed by atoms with van der Waals surface area (Å²) in [6, 6.07) is 5.78. The molecular weight excluding hydrogens is 354 g/mol. The van der Waals surface area contributed by atoms with Gasteiger partial charge < -0.3 is 14.4 Å². The van der Waals surface area contributed by atoms with Crippen LogP contribution in [0.15, 0.2) is 18.2 Å². The molecule has 0 bridgehead atoms. The van der Waals surface area contributed by atoms with E-state index in [1.54, 1.807) is 12.0 Å². The fraction of sp³-hybridized carbons (Fsp3) is 0.652. The minimum Gasteiger partial charge on any atom is -0.497 e. The Morgan fingerprint density at radius 1 is 1.00 bits per heavy atom. The van der Waals surface area contributed by atoms with Crippen LogP contribution in [-0.4, -0.2) is 36.0 Å². The lowest BCUT2D eigenvalue weighted by Crippen LogP contribution is -2.47. The predicted octanol–water partition coefficient (Wildman–Crippen LogP) is 5.38. The number of rotatable bonds is 6. The van der Waals surface area contributed by atoms with Crippen molar-refractivity contribution in [3.63, 3.8) is 0 Å². The lowest BCUT2D eigenvalue weighted by Gasteiger charge is -2.36. The Hall–Kier alpha value is -2.04. The molecule has 5 nitrogen and oxygen atoms in total. The van der Waals surface area contributed by atoms with Crippen molar-refractivity contribution >= 4 is 11.9 Å². The first-order valence-corrected chi connectivity index (χ1v) is 9.73. The number of ketones is 1. The van der Waals surface area contributed by atoms with E-state index in [1.807, 2.05) is 80.5 Å². The van der Waals surface area contributed by atoms with Gasteiger partial charge in [0.2, 0.25) is 0 Å². The van der Waals surface area contributed by atoms with Gasteiger partial charge in [0.25, 0.3) is 0 Å². The minimum absolute atomic E-state index is 0.107. The van der Waals surface area contributed by atoms with Crippen LogP contribution in [0.4, 0.5) is 4.79 Å². The third kappa shape index (κ3) is 6.84. The Bertz CT molecular complexity index is 708. The van der Waals surface area contributed by atoms with Crippen LogP contribution in [0.3, 0.4) is 0 Å². The zero-order chi connectivity index (χ0) is 21.9. The SMILES string of the molecule is COc1ccc(C)c(CN(CC(C)(C)C(=O)C(C)(C)C)C(=O)OC(C)(C)C)c1. The van der Waals surface area contributed by atoms with E-state index in [1.165, 1.54) is 0 Å².